The normalized spacial score (nSPS) is 44.3. The van der Waals surface area contributed by atoms with E-state index in [4.69, 9.17) is 4.74 Å². The third kappa shape index (κ3) is 4.14. The summed E-state index contributed by atoms with van der Waals surface area (Å²) in [6.07, 6.45) is 15.7. The van der Waals surface area contributed by atoms with E-state index < -0.39 is 0 Å². The van der Waals surface area contributed by atoms with E-state index >= 15 is 0 Å². The smallest absolute Gasteiger partial charge is 0.302 e. The van der Waals surface area contributed by atoms with Gasteiger partial charge in [-0.1, -0.05) is 73.0 Å². The largest absolute Gasteiger partial charge is 0.463 e. The fourth-order valence-electron chi connectivity index (χ4n) is 9.21. The van der Waals surface area contributed by atoms with E-state index in [1.54, 1.807) is 6.92 Å². The summed E-state index contributed by atoms with van der Waals surface area (Å²) in [6, 6.07) is 0. The van der Waals surface area contributed by atoms with Gasteiger partial charge < -0.3 is 4.74 Å². The Bertz CT molecular complexity index is 767. The summed E-state index contributed by atoms with van der Waals surface area (Å²) >= 11 is 0. The molecule has 0 spiro atoms. The Hall–Kier alpha value is -0.790. The van der Waals surface area contributed by atoms with E-state index in [9.17, 15) is 4.79 Å². The Morgan fingerprint density at radius 1 is 1.00 bits per heavy atom. The summed E-state index contributed by atoms with van der Waals surface area (Å²) in [7, 11) is 0. The molecule has 0 bridgehead atoms. The Labute approximate surface area is 204 Å². The van der Waals surface area contributed by atoms with Crippen LogP contribution in [0.5, 0.6) is 0 Å². The van der Waals surface area contributed by atoms with Gasteiger partial charge in [0.1, 0.15) is 6.10 Å². The minimum Gasteiger partial charge on any atom is -0.463 e. The van der Waals surface area contributed by atoms with E-state index in [1.165, 1.54) is 51.4 Å². The molecule has 9 atom stereocenters. The summed E-state index contributed by atoms with van der Waals surface area (Å²) < 4.78 is 5.66. The lowest BCUT2D eigenvalue weighted by atomic mass is 9.44. The van der Waals surface area contributed by atoms with Crippen LogP contribution in [0.4, 0.5) is 0 Å². The van der Waals surface area contributed by atoms with Crippen molar-refractivity contribution in [1.82, 2.24) is 0 Å². The number of hydrogen-bond acceptors (Lipinski definition) is 2. The molecule has 0 heterocycles. The van der Waals surface area contributed by atoms with Crippen molar-refractivity contribution in [2.24, 2.45) is 51.8 Å². The fourth-order valence-corrected chi connectivity index (χ4v) is 9.21. The molecule has 0 aromatic rings. The monoisotopic (exact) mass is 456 g/mol. The van der Waals surface area contributed by atoms with Crippen LogP contribution in [0, 0.1) is 51.8 Å². The highest BCUT2D eigenvalue weighted by Gasteiger charge is 2.63. The molecule has 0 amide bonds. The third-order valence-electron chi connectivity index (χ3n) is 12.1. The van der Waals surface area contributed by atoms with Crippen molar-refractivity contribution in [2.45, 2.75) is 126 Å². The van der Waals surface area contributed by atoms with Gasteiger partial charge in [0, 0.05) is 6.92 Å². The lowest BCUT2D eigenvalue weighted by Gasteiger charge is -2.61. The number of hydrogen-bond donors (Lipinski definition) is 0. The molecular formula is C31H52O2. The Kier molecular flexibility index (Phi) is 6.91. The van der Waals surface area contributed by atoms with Gasteiger partial charge >= 0.3 is 5.97 Å². The molecule has 2 nitrogen and oxygen atoms in total. The highest BCUT2D eigenvalue weighted by Crippen LogP contribution is 2.72. The van der Waals surface area contributed by atoms with Crippen molar-refractivity contribution in [3.63, 3.8) is 0 Å². The lowest BCUT2D eigenvalue weighted by molar-refractivity contribution is -0.151. The predicted molar refractivity (Wildman–Crippen MR) is 138 cm³/mol. The number of allylic oxidation sites excluding steroid dienone is 2. The van der Waals surface area contributed by atoms with Crippen LogP contribution >= 0.6 is 0 Å². The summed E-state index contributed by atoms with van der Waals surface area (Å²) in [4.78, 5) is 11.6. The summed E-state index contributed by atoms with van der Waals surface area (Å²) in [6.45, 7) is 19.3. The number of carbonyl (C=O) groups excluding carboxylic acids is 1. The van der Waals surface area contributed by atoms with Crippen LogP contribution in [-0.4, -0.2) is 12.1 Å². The molecule has 4 aliphatic carbocycles. The molecule has 188 valence electrons. The SMILES string of the molecule is CC(=O)OC1CCC2(C)C3=CCC4(C)C(C(C)CCC(C)C(C)C)CCC4(C)C3CCC2C1. The third-order valence-corrected chi connectivity index (χ3v) is 12.1. The second-order valence-corrected chi connectivity index (χ2v) is 13.9. The Morgan fingerprint density at radius 3 is 2.39 bits per heavy atom. The van der Waals surface area contributed by atoms with Crippen molar-refractivity contribution in [3.05, 3.63) is 11.6 Å². The maximum absolute atomic E-state index is 11.6. The fraction of sp³-hybridized carbons (Fsp3) is 0.903. The van der Waals surface area contributed by atoms with Crippen LogP contribution in [0.2, 0.25) is 0 Å². The highest BCUT2D eigenvalue weighted by atomic mass is 16.5. The first-order chi connectivity index (χ1) is 15.4. The topological polar surface area (TPSA) is 26.3 Å². The first-order valence-electron chi connectivity index (χ1n) is 14.3. The van der Waals surface area contributed by atoms with E-state index in [0.717, 1.165) is 42.4 Å². The number of esters is 1. The van der Waals surface area contributed by atoms with Crippen molar-refractivity contribution in [2.75, 3.05) is 0 Å². The van der Waals surface area contributed by atoms with Crippen molar-refractivity contribution in [1.29, 1.82) is 0 Å². The van der Waals surface area contributed by atoms with Crippen LogP contribution in [0.15, 0.2) is 11.6 Å². The Balaban J connectivity index is 1.53. The van der Waals surface area contributed by atoms with Gasteiger partial charge in [-0.3, -0.25) is 4.79 Å². The van der Waals surface area contributed by atoms with Gasteiger partial charge in [0.2, 0.25) is 0 Å². The van der Waals surface area contributed by atoms with Crippen molar-refractivity contribution in [3.8, 4) is 0 Å². The van der Waals surface area contributed by atoms with Gasteiger partial charge in [0.25, 0.3) is 0 Å². The van der Waals surface area contributed by atoms with Crippen LogP contribution in [-0.2, 0) is 9.53 Å². The quantitative estimate of drug-likeness (QED) is 0.295. The second kappa shape index (κ2) is 9.02. The molecule has 4 rings (SSSR count). The minimum atomic E-state index is -0.105. The van der Waals surface area contributed by atoms with Crippen LogP contribution in [0.3, 0.4) is 0 Å². The summed E-state index contributed by atoms with van der Waals surface area (Å²) in [5, 5.41) is 0. The van der Waals surface area contributed by atoms with E-state index in [0.29, 0.717) is 22.2 Å². The molecule has 0 radical (unpaired) electrons. The molecule has 3 fully saturated rings. The van der Waals surface area contributed by atoms with Gasteiger partial charge in [-0.05, 0) is 103 Å². The molecule has 0 N–H and O–H groups in total. The van der Waals surface area contributed by atoms with Crippen molar-refractivity contribution < 1.29 is 9.53 Å². The van der Waals surface area contributed by atoms with Gasteiger partial charge in [-0.15, -0.1) is 0 Å². The lowest BCUT2D eigenvalue weighted by Crippen LogP contribution is -2.53. The van der Waals surface area contributed by atoms with E-state index in [2.05, 4.69) is 54.5 Å². The number of rotatable bonds is 6. The van der Waals surface area contributed by atoms with Gasteiger partial charge in [0.05, 0.1) is 0 Å². The molecule has 0 aliphatic heterocycles. The molecule has 0 aromatic carbocycles. The summed E-state index contributed by atoms with van der Waals surface area (Å²) in [5.41, 5.74) is 3.02. The summed E-state index contributed by atoms with van der Waals surface area (Å²) in [5.74, 6) is 4.67. The maximum atomic E-state index is 11.6. The zero-order valence-electron chi connectivity index (χ0n) is 23.0. The van der Waals surface area contributed by atoms with E-state index in [1.807, 2.05) is 5.57 Å². The van der Waals surface area contributed by atoms with Gasteiger partial charge in [-0.25, -0.2) is 0 Å². The molecule has 0 aromatic heterocycles. The maximum Gasteiger partial charge on any atom is 0.302 e. The zero-order valence-corrected chi connectivity index (χ0v) is 23.0. The minimum absolute atomic E-state index is 0.105. The predicted octanol–water partition coefficient (Wildman–Crippen LogP) is 8.60. The van der Waals surface area contributed by atoms with Crippen LogP contribution in [0.1, 0.15) is 120 Å². The van der Waals surface area contributed by atoms with Crippen LogP contribution in [0.25, 0.3) is 0 Å². The Morgan fingerprint density at radius 2 is 1.73 bits per heavy atom. The number of ether oxygens (including phenoxy) is 1. The number of fused-ring (bicyclic) bond motifs is 5. The van der Waals surface area contributed by atoms with Gasteiger partial charge in [-0.2, -0.15) is 0 Å². The molecule has 3 saturated carbocycles. The molecule has 4 aliphatic rings. The van der Waals surface area contributed by atoms with Gasteiger partial charge in [0.15, 0.2) is 0 Å². The first-order valence-corrected chi connectivity index (χ1v) is 14.3. The molecular weight excluding hydrogens is 404 g/mol. The first kappa shape index (κ1) is 25.3. The molecule has 2 heteroatoms. The average molecular weight is 457 g/mol. The molecule has 0 saturated heterocycles. The average Bonchev–Trinajstić information content (AvgIpc) is 3.03. The molecule has 33 heavy (non-hydrogen) atoms. The van der Waals surface area contributed by atoms with E-state index in [-0.39, 0.29) is 12.1 Å². The standard InChI is InChI=1S/C31H52O2/c1-20(2)21(3)9-10-22(4)26-14-17-31(8)28-12-11-24-19-25(33-23(5)32)13-16-29(24,6)27(28)15-18-30(26,31)7/h15,20-22,24-26,28H,9-14,16-19H2,1-8H3. The van der Waals surface area contributed by atoms with Crippen LogP contribution < -0.4 is 0 Å². The second-order valence-electron chi connectivity index (χ2n) is 13.9. The van der Waals surface area contributed by atoms with Crippen molar-refractivity contribution >= 4 is 5.97 Å². The number of carbonyl (C=O) groups is 1. The highest BCUT2D eigenvalue weighted by molar-refractivity contribution is 5.66. The molecule has 9 unspecified atom stereocenters. The zero-order chi connectivity index (χ0) is 24.2.